The Labute approximate surface area is 282 Å². The van der Waals surface area contributed by atoms with Gasteiger partial charge in [0.05, 0.1) is 38.8 Å². The van der Waals surface area contributed by atoms with Gasteiger partial charge in [-0.05, 0) is 54.6 Å². The van der Waals surface area contributed by atoms with Gasteiger partial charge in [-0.2, -0.15) is 79.0 Å². The van der Waals surface area contributed by atoms with E-state index in [0.717, 1.165) is 0 Å². The summed E-state index contributed by atoms with van der Waals surface area (Å²) in [5.41, 5.74) is -13.5. The smallest absolute Gasteiger partial charge is 0.416 e. The minimum Gasteiger partial charge on any atom is -0.493 e. The van der Waals surface area contributed by atoms with Crippen molar-refractivity contribution >= 4 is 15.9 Å². The van der Waals surface area contributed by atoms with Crippen LogP contribution in [0.1, 0.15) is 33.4 Å². The lowest BCUT2D eigenvalue weighted by molar-refractivity contribution is -0.144. The van der Waals surface area contributed by atoms with Crippen LogP contribution in [0.25, 0.3) is 0 Å². The first-order valence-electron chi connectivity index (χ1n) is 13.3. The topological polar surface area (TPSA) is 27.7 Å². The molecule has 0 saturated heterocycles. The van der Waals surface area contributed by atoms with E-state index in [2.05, 4.69) is 15.9 Å². The van der Waals surface area contributed by atoms with Crippen molar-refractivity contribution in [2.24, 2.45) is 5.41 Å². The Balaban J connectivity index is 2.10. The molecule has 0 N–H and O–H groups in total. The second-order valence-electron chi connectivity index (χ2n) is 10.7. The Morgan fingerprint density at radius 3 is 0.647 bits per heavy atom. The van der Waals surface area contributed by atoms with Crippen molar-refractivity contribution in [3.8, 4) is 17.2 Å². The van der Waals surface area contributed by atoms with Crippen LogP contribution in [-0.4, -0.2) is 25.2 Å². The third-order valence-corrected chi connectivity index (χ3v) is 7.79. The molecule has 0 aliphatic carbocycles. The molecule has 0 saturated carbocycles. The van der Waals surface area contributed by atoms with Gasteiger partial charge in [0.25, 0.3) is 0 Å². The van der Waals surface area contributed by atoms with Gasteiger partial charge in [0, 0.05) is 5.33 Å². The van der Waals surface area contributed by atoms with Crippen LogP contribution in [0.4, 0.5) is 79.0 Å². The molecule has 51 heavy (non-hydrogen) atoms. The van der Waals surface area contributed by atoms with E-state index < -0.39 is 118 Å². The molecule has 0 aliphatic heterocycles. The fourth-order valence-electron chi connectivity index (χ4n) is 3.98. The zero-order valence-electron chi connectivity index (χ0n) is 24.4. The van der Waals surface area contributed by atoms with Crippen molar-refractivity contribution in [1.29, 1.82) is 0 Å². The van der Waals surface area contributed by atoms with Crippen LogP contribution in [0.5, 0.6) is 17.2 Å². The molecule has 0 aromatic heterocycles. The van der Waals surface area contributed by atoms with Crippen LogP contribution < -0.4 is 14.2 Å². The molecule has 0 unspecified atom stereocenters. The summed E-state index contributed by atoms with van der Waals surface area (Å²) < 4.78 is 256. The maximum Gasteiger partial charge on any atom is 0.416 e. The first-order valence-corrected chi connectivity index (χ1v) is 14.4. The lowest BCUT2D eigenvalue weighted by Gasteiger charge is -2.32. The van der Waals surface area contributed by atoms with Crippen LogP contribution in [0.2, 0.25) is 0 Å². The highest BCUT2D eigenvalue weighted by molar-refractivity contribution is 9.09. The molecule has 0 spiro atoms. The Morgan fingerprint density at radius 1 is 0.333 bits per heavy atom. The molecule has 0 fully saturated rings. The zero-order valence-corrected chi connectivity index (χ0v) is 26.0. The van der Waals surface area contributed by atoms with E-state index in [1.165, 1.54) is 0 Å². The molecule has 0 radical (unpaired) electrons. The van der Waals surface area contributed by atoms with E-state index in [0.29, 0.717) is 0 Å². The van der Waals surface area contributed by atoms with E-state index in [1.54, 1.807) is 0 Å². The van der Waals surface area contributed by atoms with E-state index >= 15 is 0 Å². The summed E-state index contributed by atoms with van der Waals surface area (Å²) in [5, 5.41) is -0.693. The van der Waals surface area contributed by atoms with Gasteiger partial charge in [0.2, 0.25) is 0 Å². The normalized spacial score (nSPS) is 13.7. The third kappa shape index (κ3) is 11.4. The Hall–Kier alpha value is -3.72. The summed E-state index contributed by atoms with van der Waals surface area (Å²) in [4.78, 5) is 0. The van der Waals surface area contributed by atoms with Crippen molar-refractivity contribution in [2.75, 3.05) is 25.2 Å². The third-order valence-electron chi connectivity index (χ3n) is 6.60. The Bertz CT molecular complexity index is 1380. The number of alkyl halides is 19. The summed E-state index contributed by atoms with van der Waals surface area (Å²) in [6.45, 7) is -3.60. The molecular weight excluding hydrogens is 818 g/mol. The Morgan fingerprint density at radius 2 is 0.510 bits per heavy atom. The van der Waals surface area contributed by atoms with Crippen molar-refractivity contribution in [3.63, 3.8) is 0 Å². The molecule has 0 heterocycles. The predicted octanol–water partition coefficient (Wildman–Crippen LogP) is 11.7. The van der Waals surface area contributed by atoms with Gasteiger partial charge in [0.15, 0.2) is 0 Å². The standard InChI is InChI=1S/C29H17BrF18O3/c30-10-23(11-49-20-4-14(24(31,32)33)1-15(5-20)25(34,35)36,12-50-21-6-16(26(37,38)39)2-17(7-21)27(40,41)42)13-51-22-8-18(28(43,44)45)3-19(9-22)29(46,47)48/h1-9H,10-13H2. The summed E-state index contributed by atoms with van der Waals surface area (Å²) in [7, 11) is 0. The average Bonchev–Trinajstić information content (AvgIpc) is 2.98. The first-order chi connectivity index (χ1) is 22.9. The summed E-state index contributed by atoms with van der Waals surface area (Å²) in [6, 6.07) is -0.345. The van der Waals surface area contributed by atoms with Crippen LogP contribution in [-0.2, 0) is 37.1 Å². The average molecular weight is 835 g/mol. The minimum atomic E-state index is -5.38. The lowest BCUT2D eigenvalue weighted by atomic mass is 9.93. The maximum atomic E-state index is 13.4. The number of rotatable bonds is 10. The van der Waals surface area contributed by atoms with E-state index in [9.17, 15) is 79.0 Å². The fraction of sp³-hybridized carbons (Fsp3) is 0.379. The van der Waals surface area contributed by atoms with Gasteiger partial charge < -0.3 is 14.2 Å². The molecule has 22 heteroatoms. The van der Waals surface area contributed by atoms with E-state index in [4.69, 9.17) is 14.2 Å². The van der Waals surface area contributed by atoms with Crippen molar-refractivity contribution in [1.82, 2.24) is 0 Å². The van der Waals surface area contributed by atoms with E-state index in [-0.39, 0.29) is 54.6 Å². The Kier molecular flexibility index (Phi) is 11.7. The van der Waals surface area contributed by atoms with Crippen molar-refractivity contribution in [3.05, 3.63) is 88.0 Å². The minimum absolute atomic E-state index is 0.0841. The van der Waals surface area contributed by atoms with Gasteiger partial charge in [-0.25, -0.2) is 0 Å². The molecule has 0 aliphatic rings. The van der Waals surface area contributed by atoms with E-state index in [1.807, 2.05) is 0 Å². The number of benzene rings is 3. The molecule has 0 amide bonds. The van der Waals surface area contributed by atoms with Gasteiger partial charge in [0.1, 0.15) is 37.1 Å². The largest absolute Gasteiger partial charge is 0.493 e. The number of hydrogen-bond acceptors (Lipinski definition) is 3. The summed E-state index contributed by atoms with van der Waals surface area (Å²) >= 11 is 2.85. The van der Waals surface area contributed by atoms with Crippen LogP contribution in [0.3, 0.4) is 0 Å². The molecule has 284 valence electrons. The fourth-order valence-corrected chi connectivity index (χ4v) is 4.46. The van der Waals surface area contributed by atoms with Crippen molar-refractivity contribution in [2.45, 2.75) is 37.1 Å². The highest BCUT2D eigenvalue weighted by Crippen LogP contribution is 2.42. The maximum absolute atomic E-state index is 13.4. The highest BCUT2D eigenvalue weighted by atomic mass is 79.9. The molecule has 0 atom stereocenters. The number of halogens is 19. The SMILES string of the molecule is FC(F)(F)c1cc(OCC(CBr)(COc2cc(C(F)(F)F)cc(C(F)(F)F)c2)COc2cc(C(F)(F)F)cc(C(F)(F)F)c2)cc(C(F)(F)F)c1. The highest BCUT2D eigenvalue weighted by Gasteiger charge is 2.41. The van der Waals surface area contributed by atoms with Gasteiger partial charge in [-0.15, -0.1) is 0 Å². The van der Waals surface area contributed by atoms with Gasteiger partial charge in [-0.1, -0.05) is 15.9 Å². The molecule has 3 rings (SSSR count). The monoisotopic (exact) mass is 834 g/mol. The quantitative estimate of drug-likeness (QED) is 0.150. The number of ether oxygens (including phenoxy) is 3. The molecule has 3 nitrogen and oxygen atoms in total. The van der Waals surface area contributed by atoms with Crippen molar-refractivity contribution < 1.29 is 93.2 Å². The van der Waals surface area contributed by atoms with Gasteiger partial charge >= 0.3 is 37.1 Å². The summed E-state index contributed by atoms with van der Waals surface area (Å²) in [6.07, 6.45) is -32.3. The number of hydrogen-bond donors (Lipinski definition) is 0. The molecule has 0 bridgehead atoms. The molecular formula is C29H17BrF18O3. The lowest BCUT2D eigenvalue weighted by Crippen LogP contribution is -2.42. The zero-order chi connectivity index (χ0) is 39.0. The summed E-state index contributed by atoms with van der Waals surface area (Å²) in [5.74, 6) is -3.46. The van der Waals surface area contributed by atoms with Gasteiger partial charge in [-0.3, -0.25) is 0 Å². The second kappa shape index (κ2) is 14.4. The first kappa shape index (κ1) is 41.7. The second-order valence-corrected chi connectivity index (χ2v) is 11.3. The predicted molar refractivity (Wildman–Crippen MR) is 142 cm³/mol. The molecule has 3 aromatic rings. The molecule has 3 aromatic carbocycles. The van der Waals surface area contributed by atoms with Crippen LogP contribution in [0, 0.1) is 5.41 Å². The van der Waals surface area contributed by atoms with Crippen LogP contribution >= 0.6 is 15.9 Å². The van der Waals surface area contributed by atoms with Crippen LogP contribution in [0.15, 0.2) is 54.6 Å².